The number of carbonyl (C=O) groups is 2. The predicted octanol–water partition coefficient (Wildman–Crippen LogP) is 2.81. The Morgan fingerprint density at radius 3 is 2.59 bits per heavy atom. The summed E-state index contributed by atoms with van der Waals surface area (Å²) < 4.78 is 9.99. The first kappa shape index (κ1) is 16.3. The molecule has 1 saturated heterocycles. The third-order valence-electron chi connectivity index (χ3n) is 4.01. The second kappa shape index (κ2) is 6.81. The smallest absolute Gasteiger partial charge is 0.409 e. The van der Waals surface area contributed by atoms with Crippen LogP contribution in [0.1, 0.15) is 31.7 Å². The van der Waals surface area contributed by atoms with E-state index in [4.69, 9.17) is 9.47 Å². The van der Waals surface area contributed by atoms with Crippen LogP contribution in [0.2, 0.25) is 0 Å². The Kier molecular flexibility index (Phi) is 5.06. The van der Waals surface area contributed by atoms with E-state index in [-0.39, 0.29) is 18.7 Å². The zero-order valence-electron chi connectivity index (χ0n) is 13.4. The Balaban J connectivity index is 1.86. The molecule has 1 amide bonds. The molecule has 1 aliphatic heterocycles. The van der Waals surface area contributed by atoms with Crippen LogP contribution in [0.3, 0.4) is 0 Å². The van der Waals surface area contributed by atoms with Gasteiger partial charge in [0, 0.05) is 19.0 Å². The number of nitrogens with zero attached hydrogens (tertiary/aromatic N) is 1. The molecule has 1 aromatic carbocycles. The Bertz CT molecular complexity index is 527. The number of carbonyl (C=O) groups excluding carboxylic acids is 2. The number of amides is 1. The fraction of sp³-hybridized carbons (Fsp3) is 0.529. The lowest BCUT2D eigenvalue weighted by Crippen LogP contribution is -2.36. The Labute approximate surface area is 131 Å². The van der Waals surface area contributed by atoms with E-state index in [0.29, 0.717) is 19.0 Å². The number of methoxy groups -OCH3 is 1. The molecule has 1 aromatic rings. The minimum absolute atomic E-state index is 0.0189. The predicted molar refractivity (Wildman–Crippen MR) is 82.5 cm³/mol. The SMILES string of the molecule is COC(=O)C(C)(C)COC(=O)N1CCC(c2ccccc2)C1. The molecule has 1 fully saturated rings. The maximum Gasteiger partial charge on any atom is 0.409 e. The lowest BCUT2D eigenvalue weighted by Gasteiger charge is -2.23. The molecule has 1 aliphatic rings. The maximum absolute atomic E-state index is 12.1. The second-order valence-electron chi connectivity index (χ2n) is 6.27. The van der Waals surface area contributed by atoms with E-state index < -0.39 is 5.41 Å². The van der Waals surface area contributed by atoms with Crippen molar-refractivity contribution in [1.82, 2.24) is 4.90 Å². The highest BCUT2D eigenvalue weighted by atomic mass is 16.6. The molecule has 0 spiro atoms. The summed E-state index contributed by atoms with van der Waals surface area (Å²) in [6, 6.07) is 10.2. The third kappa shape index (κ3) is 3.78. The summed E-state index contributed by atoms with van der Waals surface area (Å²) in [5, 5.41) is 0. The summed E-state index contributed by atoms with van der Waals surface area (Å²) >= 11 is 0. The zero-order valence-corrected chi connectivity index (χ0v) is 13.4. The number of benzene rings is 1. The van der Waals surface area contributed by atoms with Gasteiger partial charge in [0.2, 0.25) is 0 Å². The number of rotatable bonds is 4. The van der Waals surface area contributed by atoms with E-state index >= 15 is 0 Å². The minimum atomic E-state index is -0.830. The van der Waals surface area contributed by atoms with Gasteiger partial charge in [-0.3, -0.25) is 4.79 Å². The van der Waals surface area contributed by atoms with Crippen LogP contribution < -0.4 is 0 Å². The van der Waals surface area contributed by atoms with E-state index in [1.54, 1.807) is 18.7 Å². The van der Waals surface area contributed by atoms with Crippen molar-refractivity contribution >= 4 is 12.1 Å². The van der Waals surface area contributed by atoms with Crippen LogP contribution in [0, 0.1) is 5.41 Å². The first-order chi connectivity index (χ1) is 10.4. The van der Waals surface area contributed by atoms with Gasteiger partial charge in [0.05, 0.1) is 12.5 Å². The van der Waals surface area contributed by atoms with Crippen molar-refractivity contribution < 1.29 is 19.1 Å². The van der Waals surface area contributed by atoms with Crippen molar-refractivity contribution in [3.63, 3.8) is 0 Å². The topological polar surface area (TPSA) is 55.8 Å². The van der Waals surface area contributed by atoms with Crippen molar-refractivity contribution in [2.24, 2.45) is 5.41 Å². The Hall–Kier alpha value is -2.04. The highest BCUT2D eigenvalue weighted by Crippen LogP contribution is 2.27. The van der Waals surface area contributed by atoms with Gasteiger partial charge in [-0.1, -0.05) is 30.3 Å². The molecule has 1 heterocycles. The number of hydrogen-bond donors (Lipinski definition) is 0. The quantitative estimate of drug-likeness (QED) is 0.803. The van der Waals surface area contributed by atoms with Crippen molar-refractivity contribution in [1.29, 1.82) is 0 Å². The molecule has 1 unspecified atom stereocenters. The molecule has 1 atom stereocenters. The van der Waals surface area contributed by atoms with Gasteiger partial charge in [-0.25, -0.2) is 4.79 Å². The summed E-state index contributed by atoms with van der Waals surface area (Å²) in [6.45, 7) is 4.75. The fourth-order valence-corrected chi connectivity index (χ4v) is 2.59. The highest BCUT2D eigenvalue weighted by Gasteiger charge is 2.33. The Morgan fingerprint density at radius 1 is 1.27 bits per heavy atom. The molecule has 5 heteroatoms. The number of likely N-dealkylation sites (tertiary alicyclic amines) is 1. The lowest BCUT2D eigenvalue weighted by molar-refractivity contribution is -0.153. The van der Waals surface area contributed by atoms with Crippen LogP contribution in [0.25, 0.3) is 0 Å². The van der Waals surface area contributed by atoms with Gasteiger partial charge in [0.1, 0.15) is 6.61 Å². The molecule has 0 N–H and O–H groups in total. The normalized spacial score (nSPS) is 18.1. The molecular formula is C17H23NO4. The van der Waals surface area contributed by atoms with Gasteiger partial charge < -0.3 is 14.4 Å². The van der Waals surface area contributed by atoms with Crippen molar-refractivity contribution in [3.05, 3.63) is 35.9 Å². The van der Waals surface area contributed by atoms with Crippen molar-refractivity contribution in [3.8, 4) is 0 Å². The van der Waals surface area contributed by atoms with Gasteiger partial charge in [0.25, 0.3) is 0 Å². The van der Waals surface area contributed by atoms with Crippen LogP contribution in [0.4, 0.5) is 4.79 Å². The molecule has 2 rings (SSSR count). The number of hydrogen-bond acceptors (Lipinski definition) is 4. The molecule has 5 nitrogen and oxygen atoms in total. The summed E-state index contributed by atoms with van der Waals surface area (Å²) in [5.74, 6) is -0.0359. The van der Waals surface area contributed by atoms with Gasteiger partial charge in [0.15, 0.2) is 0 Å². The number of esters is 1. The molecule has 0 radical (unpaired) electrons. The molecule has 0 bridgehead atoms. The Morgan fingerprint density at radius 2 is 1.95 bits per heavy atom. The van der Waals surface area contributed by atoms with E-state index in [0.717, 1.165) is 6.42 Å². The van der Waals surface area contributed by atoms with Gasteiger partial charge in [-0.05, 0) is 25.8 Å². The van der Waals surface area contributed by atoms with Crippen molar-refractivity contribution in [2.75, 3.05) is 26.8 Å². The lowest BCUT2D eigenvalue weighted by atomic mass is 9.95. The monoisotopic (exact) mass is 305 g/mol. The zero-order chi connectivity index (χ0) is 16.2. The van der Waals surface area contributed by atoms with Crippen LogP contribution >= 0.6 is 0 Å². The fourth-order valence-electron chi connectivity index (χ4n) is 2.59. The molecule has 0 aliphatic carbocycles. The third-order valence-corrected chi connectivity index (χ3v) is 4.01. The summed E-state index contributed by atoms with van der Waals surface area (Å²) in [7, 11) is 1.33. The van der Waals surface area contributed by atoms with E-state index in [1.807, 2.05) is 18.2 Å². The largest absolute Gasteiger partial charge is 0.469 e. The van der Waals surface area contributed by atoms with Crippen LogP contribution in [-0.4, -0.2) is 43.8 Å². The maximum atomic E-state index is 12.1. The van der Waals surface area contributed by atoms with Crippen LogP contribution in [-0.2, 0) is 14.3 Å². The van der Waals surface area contributed by atoms with Crippen molar-refractivity contribution in [2.45, 2.75) is 26.2 Å². The van der Waals surface area contributed by atoms with Gasteiger partial charge >= 0.3 is 12.1 Å². The van der Waals surface area contributed by atoms with Crippen LogP contribution in [0.5, 0.6) is 0 Å². The molecule has 0 aromatic heterocycles. The molecular weight excluding hydrogens is 282 g/mol. The summed E-state index contributed by atoms with van der Waals surface area (Å²) in [4.78, 5) is 25.4. The average Bonchev–Trinajstić information content (AvgIpc) is 3.02. The first-order valence-corrected chi connectivity index (χ1v) is 7.49. The summed E-state index contributed by atoms with van der Waals surface area (Å²) in [6.07, 6.45) is 0.565. The molecule has 22 heavy (non-hydrogen) atoms. The van der Waals surface area contributed by atoms with Gasteiger partial charge in [-0.2, -0.15) is 0 Å². The van der Waals surface area contributed by atoms with E-state index in [2.05, 4.69) is 12.1 Å². The molecule has 120 valence electrons. The number of ether oxygens (including phenoxy) is 2. The minimum Gasteiger partial charge on any atom is -0.469 e. The standard InChI is InChI=1S/C17H23NO4/c1-17(2,15(19)21-3)12-22-16(20)18-10-9-14(11-18)13-7-5-4-6-8-13/h4-8,14H,9-12H2,1-3H3. The highest BCUT2D eigenvalue weighted by molar-refractivity contribution is 5.76. The van der Waals surface area contributed by atoms with E-state index in [9.17, 15) is 9.59 Å². The second-order valence-corrected chi connectivity index (χ2v) is 6.27. The van der Waals surface area contributed by atoms with Gasteiger partial charge in [-0.15, -0.1) is 0 Å². The average molecular weight is 305 g/mol. The van der Waals surface area contributed by atoms with E-state index in [1.165, 1.54) is 12.7 Å². The van der Waals surface area contributed by atoms with Crippen LogP contribution in [0.15, 0.2) is 30.3 Å². The first-order valence-electron chi connectivity index (χ1n) is 7.49. The summed E-state index contributed by atoms with van der Waals surface area (Å²) in [5.41, 5.74) is 0.413. The molecule has 0 saturated carbocycles.